The van der Waals surface area contributed by atoms with Gasteiger partial charge in [0.2, 0.25) is 0 Å². The molecule has 10 aromatic rings. The Balaban J connectivity index is 1.28. The summed E-state index contributed by atoms with van der Waals surface area (Å²) < 4.78 is 6.91. The number of fused-ring (bicyclic) bond motifs is 11. The van der Waals surface area contributed by atoms with Crippen molar-refractivity contribution in [1.29, 1.82) is 0 Å². The molecule has 8 aromatic carbocycles. The number of benzene rings is 8. The molecule has 0 unspecified atom stereocenters. The Kier molecular flexibility index (Phi) is 5.57. The Bertz CT molecular complexity index is 2840. The Labute approximate surface area is 270 Å². The molecule has 0 atom stereocenters. The number of hydrogen-bond donors (Lipinski definition) is 0. The molecule has 47 heavy (non-hydrogen) atoms. The van der Waals surface area contributed by atoms with Gasteiger partial charge in [-0.15, -0.1) is 0 Å². The fourth-order valence-corrected chi connectivity index (χ4v) is 7.30. The first kappa shape index (κ1) is 26.0. The minimum Gasteiger partial charge on any atom is -0.455 e. The summed E-state index contributed by atoms with van der Waals surface area (Å²) in [6, 6.07) is 55.3. The molecular formula is C44H26N2O. The van der Waals surface area contributed by atoms with Crippen LogP contribution in [0.3, 0.4) is 0 Å². The topological polar surface area (TPSA) is 38.9 Å². The predicted molar refractivity (Wildman–Crippen MR) is 196 cm³/mol. The lowest BCUT2D eigenvalue weighted by atomic mass is 9.92. The largest absolute Gasteiger partial charge is 0.455 e. The summed E-state index contributed by atoms with van der Waals surface area (Å²) in [5.74, 6) is 0.711. The van der Waals surface area contributed by atoms with Crippen LogP contribution in [0, 0.1) is 0 Å². The van der Waals surface area contributed by atoms with E-state index < -0.39 is 0 Å². The third kappa shape index (κ3) is 3.93. The van der Waals surface area contributed by atoms with Crippen molar-refractivity contribution in [2.75, 3.05) is 0 Å². The fourth-order valence-electron chi connectivity index (χ4n) is 7.30. The average molecular weight is 599 g/mol. The molecule has 3 nitrogen and oxygen atoms in total. The van der Waals surface area contributed by atoms with Gasteiger partial charge in [-0.2, -0.15) is 0 Å². The van der Waals surface area contributed by atoms with Crippen molar-refractivity contribution in [2.24, 2.45) is 0 Å². The number of furan rings is 1. The summed E-state index contributed by atoms with van der Waals surface area (Å²) in [5, 5.41) is 10.3. The van der Waals surface area contributed by atoms with E-state index in [0.29, 0.717) is 5.82 Å². The van der Waals surface area contributed by atoms with Crippen LogP contribution in [0.25, 0.3) is 98.9 Å². The van der Waals surface area contributed by atoms with Crippen LogP contribution in [0.5, 0.6) is 0 Å². The van der Waals surface area contributed by atoms with Gasteiger partial charge in [0.05, 0.1) is 11.2 Å². The highest BCUT2D eigenvalue weighted by Crippen LogP contribution is 2.44. The van der Waals surface area contributed by atoms with E-state index in [1.807, 2.05) is 24.3 Å². The average Bonchev–Trinajstić information content (AvgIpc) is 3.54. The Hall–Kier alpha value is -6.32. The molecule has 0 aliphatic rings. The fraction of sp³-hybridized carbons (Fsp3) is 0. The zero-order valence-corrected chi connectivity index (χ0v) is 25.3. The van der Waals surface area contributed by atoms with Gasteiger partial charge in [0.25, 0.3) is 0 Å². The summed E-state index contributed by atoms with van der Waals surface area (Å²) in [6.45, 7) is 0. The maximum absolute atomic E-state index is 6.91. The second-order valence-corrected chi connectivity index (χ2v) is 12.1. The Morgan fingerprint density at radius 1 is 0.362 bits per heavy atom. The normalized spacial score (nSPS) is 11.8. The van der Waals surface area contributed by atoms with Crippen LogP contribution >= 0.6 is 0 Å². The minimum atomic E-state index is 0.711. The number of aromatic nitrogens is 2. The first-order valence-electron chi connectivity index (χ1n) is 15.9. The van der Waals surface area contributed by atoms with Gasteiger partial charge in [0.1, 0.15) is 11.2 Å². The van der Waals surface area contributed by atoms with E-state index in [-0.39, 0.29) is 0 Å². The molecular weight excluding hydrogens is 572 g/mol. The standard InChI is InChI=1S/C44H26N2O/c1-3-12-27(13-4-1)30-19-11-20-35-36-25-24-33-31-16-7-8-17-32(31)38-26-29(22-23-34(38)40(33)43(36)47-42(30)35)44-45-39-21-10-9-18-37(39)41(46-44)28-14-5-2-6-15-28/h1-26H. The highest BCUT2D eigenvalue weighted by Gasteiger charge is 2.19. The van der Waals surface area contributed by atoms with Crippen LogP contribution in [0.4, 0.5) is 0 Å². The lowest BCUT2D eigenvalue weighted by Crippen LogP contribution is -1.95. The van der Waals surface area contributed by atoms with E-state index in [0.717, 1.165) is 76.9 Å². The van der Waals surface area contributed by atoms with Gasteiger partial charge < -0.3 is 4.42 Å². The van der Waals surface area contributed by atoms with Crippen LogP contribution in [-0.4, -0.2) is 9.97 Å². The second-order valence-electron chi connectivity index (χ2n) is 12.1. The van der Waals surface area contributed by atoms with Crippen molar-refractivity contribution in [2.45, 2.75) is 0 Å². The van der Waals surface area contributed by atoms with Crippen LogP contribution in [-0.2, 0) is 0 Å². The quantitative estimate of drug-likeness (QED) is 0.190. The van der Waals surface area contributed by atoms with E-state index >= 15 is 0 Å². The third-order valence-electron chi connectivity index (χ3n) is 9.46. The number of nitrogens with zero attached hydrogens (tertiary/aromatic N) is 2. The van der Waals surface area contributed by atoms with Gasteiger partial charge in [0.15, 0.2) is 5.82 Å². The van der Waals surface area contributed by atoms with Crippen LogP contribution in [0.2, 0.25) is 0 Å². The summed E-state index contributed by atoms with van der Waals surface area (Å²) in [5.41, 5.74) is 8.00. The smallest absolute Gasteiger partial charge is 0.160 e. The number of hydrogen-bond acceptors (Lipinski definition) is 3. The van der Waals surface area contributed by atoms with Crippen molar-refractivity contribution in [3.05, 3.63) is 158 Å². The predicted octanol–water partition coefficient (Wildman–Crippen LogP) is 12.0. The summed E-state index contributed by atoms with van der Waals surface area (Å²) in [6.07, 6.45) is 0. The summed E-state index contributed by atoms with van der Waals surface area (Å²) in [4.78, 5) is 10.2. The molecule has 0 saturated heterocycles. The lowest BCUT2D eigenvalue weighted by Gasteiger charge is -2.13. The van der Waals surface area contributed by atoms with Crippen molar-refractivity contribution in [3.63, 3.8) is 0 Å². The molecule has 0 spiro atoms. The van der Waals surface area contributed by atoms with Crippen LogP contribution in [0.15, 0.2) is 162 Å². The van der Waals surface area contributed by atoms with Gasteiger partial charge in [0, 0.05) is 38.2 Å². The van der Waals surface area contributed by atoms with E-state index in [4.69, 9.17) is 14.4 Å². The van der Waals surface area contributed by atoms with Gasteiger partial charge in [-0.05, 0) is 50.7 Å². The third-order valence-corrected chi connectivity index (χ3v) is 9.46. The molecule has 218 valence electrons. The molecule has 2 aromatic heterocycles. The van der Waals surface area contributed by atoms with Crippen molar-refractivity contribution >= 4 is 65.2 Å². The number of para-hydroxylation sites is 2. The zero-order valence-electron chi connectivity index (χ0n) is 25.3. The van der Waals surface area contributed by atoms with E-state index in [1.165, 1.54) is 16.2 Å². The first-order valence-corrected chi connectivity index (χ1v) is 15.9. The molecule has 0 amide bonds. The molecule has 10 rings (SSSR count). The van der Waals surface area contributed by atoms with Crippen molar-refractivity contribution in [3.8, 4) is 33.8 Å². The van der Waals surface area contributed by atoms with Gasteiger partial charge >= 0.3 is 0 Å². The van der Waals surface area contributed by atoms with Crippen LogP contribution in [0.1, 0.15) is 0 Å². The van der Waals surface area contributed by atoms with Crippen molar-refractivity contribution < 1.29 is 4.42 Å². The zero-order chi connectivity index (χ0) is 30.9. The molecule has 0 fully saturated rings. The van der Waals surface area contributed by atoms with Crippen LogP contribution < -0.4 is 0 Å². The van der Waals surface area contributed by atoms with Gasteiger partial charge in [-0.25, -0.2) is 9.97 Å². The first-order chi connectivity index (χ1) is 23.3. The molecule has 3 heteroatoms. The Morgan fingerprint density at radius 2 is 0.957 bits per heavy atom. The van der Waals surface area contributed by atoms with Crippen molar-refractivity contribution in [1.82, 2.24) is 9.97 Å². The van der Waals surface area contributed by atoms with E-state index in [2.05, 4.69) is 133 Å². The molecule has 0 aliphatic heterocycles. The molecule has 0 radical (unpaired) electrons. The lowest BCUT2D eigenvalue weighted by molar-refractivity contribution is 0.674. The SMILES string of the molecule is c1ccc(-c2nc(-c3ccc4c(c3)c3ccccc3c3ccc5c6cccc(-c7ccccc7)c6oc5c34)nc3ccccc23)cc1. The highest BCUT2D eigenvalue weighted by molar-refractivity contribution is 6.32. The molecule has 0 saturated carbocycles. The minimum absolute atomic E-state index is 0.711. The maximum Gasteiger partial charge on any atom is 0.160 e. The van der Waals surface area contributed by atoms with E-state index in [1.54, 1.807) is 0 Å². The monoisotopic (exact) mass is 598 g/mol. The number of rotatable bonds is 3. The Morgan fingerprint density at radius 3 is 1.77 bits per heavy atom. The molecule has 0 N–H and O–H groups in total. The summed E-state index contributed by atoms with van der Waals surface area (Å²) in [7, 11) is 0. The summed E-state index contributed by atoms with van der Waals surface area (Å²) >= 11 is 0. The van der Waals surface area contributed by atoms with E-state index in [9.17, 15) is 0 Å². The molecule has 2 heterocycles. The second kappa shape index (κ2) is 10.1. The molecule has 0 aliphatic carbocycles. The van der Waals surface area contributed by atoms with Gasteiger partial charge in [-0.1, -0.05) is 140 Å². The van der Waals surface area contributed by atoms with Gasteiger partial charge in [-0.3, -0.25) is 0 Å². The highest BCUT2D eigenvalue weighted by atomic mass is 16.3. The maximum atomic E-state index is 6.91. The molecule has 0 bridgehead atoms.